The third-order valence-corrected chi connectivity index (χ3v) is 4.90. The van der Waals surface area contributed by atoms with Crippen LogP contribution in [0.1, 0.15) is 43.9 Å². The van der Waals surface area contributed by atoms with Gasteiger partial charge in [-0.1, -0.05) is 37.3 Å². The summed E-state index contributed by atoms with van der Waals surface area (Å²) in [5.41, 5.74) is 2.27. The Morgan fingerprint density at radius 1 is 1.10 bits per heavy atom. The Labute approximate surface area is 182 Å². The van der Waals surface area contributed by atoms with Crippen LogP contribution in [0, 0.1) is 5.92 Å². The van der Waals surface area contributed by atoms with Gasteiger partial charge in [-0.25, -0.2) is 4.79 Å². The second kappa shape index (κ2) is 11.4. The lowest BCUT2D eigenvalue weighted by Crippen LogP contribution is -2.30. The van der Waals surface area contributed by atoms with Crippen molar-refractivity contribution in [2.24, 2.45) is 5.92 Å². The lowest BCUT2D eigenvalue weighted by Gasteiger charge is -2.33. The van der Waals surface area contributed by atoms with Crippen molar-refractivity contribution in [3.63, 3.8) is 0 Å². The van der Waals surface area contributed by atoms with Crippen molar-refractivity contribution in [2.75, 3.05) is 25.1 Å². The van der Waals surface area contributed by atoms with E-state index in [1.54, 1.807) is 12.1 Å². The summed E-state index contributed by atoms with van der Waals surface area (Å²) in [5, 5.41) is 2.74. The van der Waals surface area contributed by atoms with Gasteiger partial charge in [-0.15, -0.1) is 0 Å². The molecule has 0 spiro atoms. The number of rotatable bonds is 9. The first-order valence-electron chi connectivity index (χ1n) is 10.6. The Morgan fingerprint density at radius 2 is 1.90 bits per heavy atom. The lowest BCUT2D eigenvalue weighted by atomic mass is 9.90. The molecule has 1 N–H and O–H groups in total. The van der Waals surface area contributed by atoms with E-state index in [9.17, 15) is 9.59 Å². The zero-order chi connectivity index (χ0) is 22.1. The Bertz CT molecular complexity index is 870. The highest BCUT2D eigenvalue weighted by Crippen LogP contribution is 2.40. The fraction of sp³-hybridized carbons (Fsp3) is 0.417. The number of fused-ring (bicyclic) bond motifs is 1. The highest BCUT2D eigenvalue weighted by Gasteiger charge is 2.34. The van der Waals surface area contributed by atoms with Crippen LogP contribution in [0.15, 0.2) is 48.5 Å². The monoisotopic (exact) mass is 427 g/mol. The maximum atomic E-state index is 12.2. The molecule has 1 aliphatic heterocycles. The molecule has 2 aromatic rings. The molecular weight excluding hydrogens is 398 g/mol. The summed E-state index contributed by atoms with van der Waals surface area (Å²) < 4.78 is 22.3. The van der Waals surface area contributed by atoms with Crippen LogP contribution in [-0.2, 0) is 25.6 Å². The zero-order valence-corrected chi connectivity index (χ0v) is 18.0. The molecule has 0 saturated heterocycles. The van der Waals surface area contributed by atoms with E-state index in [-0.39, 0.29) is 31.0 Å². The average Bonchev–Trinajstić information content (AvgIpc) is 2.78. The molecule has 31 heavy (non-hydrogen) atoms. The average molecular weight is 427 g/mol. The fourth-order valence-corrected chi connectivity index (χ4v) is 3.46. The van der Waals surface area contributed by atoms with Gasteiger partial charge in [0.25, 0.3) is 0 Å². The fourth-order valence-electron chi connectivity index (χ4n) is 3.46. The molecule has 0 saturated carbocycles. The molecule has 2 unspecified atom stereocenters. The van der Waals surface area contributed by atoms with Gasteiger partial charge in [0.05, 0.1) is 25.7 Å². The topological polar surface area (TPSA) is 83.1 Å². The minimum absolute atomic E-state index is 0.169. The number of esters is 1. The van der Waals surface area contributed by atoms with Crippen LogP contribution < -0.4 is 10.1 Å². The van der Waals surface area contributed by atoms with Crippen molar-refractivity contribution in [3.05, 3.63) is 59.7 Å². The van der Waals surface area contributed by atoms with Crippen LogP contribution >= 0.6 is 0 Å². The van der Waals surface area contributed by atoms with Gasteiger partial charge < -0.3 is 18.9 Å². The molecule has 0 aromatic heterocycles. The SMILES string of the molecule is CCCOC(=O)CC1COc2ccc(NC(=O)OCc3ccccc3)cc2C1OCC. The first-order chi connectivity index (χ1) is 15.1. The Hall–Kier alpha value is -3.06. The van der Waals surface area contributed by atoms with Crippen molar-refractivity contribution in [1.29, 1.82) is 0 Å². The standard InChI is InChI=1S/C24H29NO6/c1-3-12-29-22(26)13-18-16-30-21-11-10-19(14-20(21)23(18)28-4-2)25-24(27)31-15-17-8-6-5-7-9-17/h5-11,14,18,23H,3-4,12-13,15-16H2,1-2H3,(H,25,27). The van der Waals surface area contributed by atoms with E-state index >= 15 is 0 Å². The Kier molecular flexibility index (Phi) is 8.29. The minimum atomic E-state index is -0.548. The largest absolute Gasteiger partial charge is 0.493 e. The van der Waals surface area contributed by atoms with Crippen LogP contribution in [0.3, 0.4) is 0 Å². The van der Waals surface area contributed by atoms with E-state index in [0.717, 1.165) is 17.5 Å². The van der Waals surface area contributed by atoms with E-state index < -0.39 is 6.09 Å². The number of carbonyl (C=O) groups is 2. The van der Waals surface area contributed by atoms with Crippen molar-refractivity contribution in [2.45, 2.75) is 39.4 Å². The minimum Gasteiger partial charge on any atom is -0.493 e. The van der Waals surface area contributed by atoms with Crippen LogP contribution in [0.25, 0.3) is 0 Å². The number of benzene rings is 2. The Balaban J connectivity index is 1.66. The molecule has 1 aliphatic rings. The maximum Gasteiger partial charge on any atom is 0.411 e. The van der Waals surface area contributed by atoms with Gasteiger partial charge in [-0.2, -0.15) is 0 Å². The molecule has 2 atom stereocenters. The normalized spacial score (nSPS) is 17.2. The summed E-state index contributed by atoms with van der Waals surface area (Å²) in [5.74, 6) is 0.249. The van der Waals surface area contributed by atoms with Crippen molar-refractivity contribution >= 4 is 17.7 Å². The molecule has 0 aliphatic carbocycles. The van der Waals surface area contributed by atoms with Gasteiger partial charge in [-0.3, -0.25) is 10.1 Å². The predicted octanol–water partition coefficient (Wildman–Crippen LogP) is 4.86. The summed E-state index contributed by atoms with van der Waals surface area (Å²) in [6.45, 7) is 5.30. The third-order valence-electron chi connectivity index (χ3n) is 4.90. The molecule has 0 radical (unpaired) electrons. The van der Waals surface area contributed by atoms with Crippen LogP contribution in [0.5, 0.6) is 5.75 Å². The van der Waals surface area contributed by atoms with Crippen LogP contribution in [0.4, 0.5) is 10.5 Å². The van der Waals surface area contributed by atoms with Gasteiger partial charge >= 0.3 is 12.1 Å². The van der Waals surface area contributed by atoms with E-state index in [1.807, 2.05) is 50.2 Å². The lowest BCUT2D eigenvalue weighted by molar-refractivity contribution is -0.147. The smallest absolute Gasteiger partial charge is 0.411 e. The number of ether oxygens (including phenoxy) is 4. The summed E-state index contributed by atoms with van der Waals surface area (Å²) in [4.78, 5) is 24.3. The number of amides is 1. The second-order valence-electron chi connectivity index (χ2n) is 7.31. The van der Waals surface area contributed by atoms with E-state index in [4.69, 9.17) is 18.9 Å². The molecule has 7 heteroatoms. The molecule has 2 aromatic carbocycles. The molecule has 0 bridgehead atoms. The van der Waals surface area contributed by atoms with Gasteiger partial charge in [0.15, 0.2) is 0 Å². The van der Waals surface area contributed by atoms with Crippen molar-refractivity contribution in [1.82, 2.24) is 0 Å². The second-order valence-corrected chi connectivity index (χ2v) is 7.31. The highest BCUT2D eigenvalue weighted by atomic mass is 16.5. The predicted molar refractivity (Wildman–Crippen MR) is 116 cm³/mol. The molecular formula is C24H29NO6. The summed E-state index contributed by atoms with van der Waals surface area (Å²) >= 11 is 0. The molecule has 166 valence electrons. The zero-order valence-electron chi connectivity index (χ0n) is 18.0. The van der Waals surface area contributed by atoms with Crippen molar-refractivity contribution in [3.8, 4) is 5.75 Å². The van der Waals surface area contributed by atoms with Gasteiger partial charge in [0.2, 0.25) is 0 Å². The number of carbonyl (C=O) groups excluding carboxylic acids is 2. The molecule has 1 heterocycles. The van der Waals surface area contributed by atoms with Crippen LogP contribution in [-0.4, -0.2) is 31.9 Å². The highest BCUT2D eigenvalue weighted by molar-refractivity contribution is 5.85. The number of hydrogen-bond acceptors (Lipinski definition) is 6. The number of anilines is 1. The van der Waals surface area contributed by atoms with Crippen LogP contribution in [0.2, 0.25) is 0 Å². The first kappa shape index (κ1) is 22.6. The summed E-state index contributed by atoms with van der Waals surface area (Å²) in [6.07, 6.45) is 0.110. The first-order valence-corrected chi connectivity index (χ1v) is 10.6. The third kappa shape index (κ3) is 6.46. The maximum absolute atomic E-state index is 12.2. The molecule has 7 nitrogen and oxygen atoms in total. The number of nitrogens with one attached hydrogen (secondary N) is 1. The van der Waals surface area contributed by atoms with Gasteiger partial charge in [0, 0.05) is 23.8 Å². The summed E-state index contributed by atoms with van der Waals surface area (Å²) in [7, 11) is 0. The molecule has 1 amide bonds. The van der Waals surface area contributed by atoms with E-state index in [1.165, 1.54) is 0 Å². The quantitative estimate of drug-likeness (QED) is 0.575. The van der Waals surface area contributed by atoms with Gasteiger partial charge in [-0.05, 0) is 37.1 Å². The molecule has 3 rings (SSSR count). The summed E-state index contributed by atoms with van der Waals surface area (Å²) in [6, 6.07) is 14.8. The number of hydrogen-bond donors (Lipinski definition) is 1. The van der Waals surface area contributed by atoms with E-state index in [0.29, 0.717) is 31.3 Å². The van der Waals surface area contributed by atoms with Gasteiger partial charge in [0.1, 0.15) is 12.4 Å². The molecule has 0 fully saturated rings. The van der Waals surface area contributed by atoms with E-state index in [2.05, 4.69) is 5.32 Å². The van der Waals surface area contributed by atoms with Crippen molar-refractivity contribution < 1.29 is 28.5 Å². The Morgan fingerprint density at radius 3 is 2.65 bits per heavy atom.